The molecular weight excluding hydrogens is 321 g/mol. The van der Waals surface area contributed by atoms with Crippen LogP contribution in [0, 0.1) is 5.82 Å². The van der Waals surface area contributed by atoms with Gasteiger partial charge >= 0.3 is 0 Å². The minimum atomic E-state index is -0.354. The molecule has 1 aromatic carbocycles. The number of nitrogen functional groups attached to an aromatic ring is 1. The van der Waals surface area contributed by atoms with Crippen molar-refractivity contribution < 1.29 is 9.50 Å². The van der Waals surface area contributed by atoms with Crippen LogP contribution in [0.2, 0.25) is 0 Å². The number of aromatic nitrogens is 3. The number of hydrogen-bond acceptors (Lipinski definition) is 6. The fourth-order valence-electron chi connectivity index (χ4n) is 3.05. The Morgan fingerprint density at radius 3 is 2.76 bits per heavy atom. The van der Waals surface area contributed by atoms with Crippen LogP contribution in [0.5, 0.6) is 0 Å². The van der Waals surface area contributed by atoms with Gasteiger partial charge in [-0.05, 0) is 43.2 Å². The zero-order valence-electron chi connectivity index (χ0n) is 13.8. The monoisotopic (exact) mass is 339 g/mol. The number of aliphatic hydroxyl groups is 1. The van der Waals surface area contributed by atoms with Gasteiger partial charge < -0.3 is 15.7 Å². The summed E-state index contributed by atoms with van der Waals surface area (Å²) in [7, 11) is 1.88. The molecule has 7 heteroatoms. The van der Waals surface area contributed by atoms with Crippen molar-refractivity contribution >= 4 is 22.5 Å². The van der Waals surface area contributed by atoms with Crippen molar-refractivity contribution in [3.63, 3.8) is 0 Å². The van der Waals surface area contributed by atoms with E-state index in [-0.39, 0.29) is 23.8 Å². The number of nitrogens with zero attached hydrogens (tertiary/aromatic N) is 4. The maximum absolute atomic E-state index is 14.2. The number of anilines is 2. The summed E-state index contributed by atoms with van der Waals surface area (Å²) in [4.78, 5) is 14.5. The van der Waals surface area contributed by atoms with Crippen LogP contribution in [0.1, 0.15) is 12.8 Å². The number of benzene rings is 1. The topological polar surface area (TPSA) is 88.2 Å². The Bertz CT molecular complexity index is 957. The van der Waals surface area contributed by atoms with E-state index < -0.39 is 0 Å². The van der Waals surface area contributed by atoms with E-state index in [1.54, 1.807) is 12.1 Å². The molecule has 0 spiro atoms. The predicted octanol–water partition coefficient (Wildman–Crippen LogP) is 2.37. The Hall–Kier alpha value is -2.80. The molecule has 4 rings (SSSR count). The molecule has 25 heavy (non-hydrogen) atoms. The Morgan fingerprint density at radius 1 is 1.24 bits per heavy atom. The molecule has 0 bridgehead atoms. The predicted molar refractivity (Wildman–Crippen MR) is 94.6 cm³/mol. The van der Waals surface area contributed by atoms with Crippen molar-refractivity contribution in [2.75, 3.05) is 24.3 Å². The van der Waals surface area contributed by atoms with E-state index in [2.05, 4.69) is 15.0 Å². The number of likely N-dealkylation sites (N-methyl/N-ethyl adjacent to an activating group) is 1. The molecule has 2 heterocycles. The molecule has 2 aromatic heterocycles. The van der Waals surface area contributed by atoms with E-state index in [4.69, 9.17) is 5.73 Å². The number of halogens is 1. The quantitative estimate of drug-likeness (QED) is 0.759. The molecule has 1 saturated carbocycles. The first-order chi connectivity index (χ1) is 12.0. The van der Waals surface area contributed by atoms with E-state index in [1.165, 1.54) is 18.5 Å². The van der Waals surface area contributed by atoms with Crippen LogP contribution in [0.3, 0.4) is 0 Å². The highest BCUT2D eigenvalue weighted by molar-refractivity contribution is 5.86. The average molecular weight is 339 g/mol. The van der Waals surface area contributed by atoms with Crippen molar-refractivity contribution in [2.45, 2.75) is 18.4 Å². The third-order valence-electron chi connectivity index (χ3n) is 4.91. The highest BCUT2D eigenvalue weighted by atomic mass is 19.1. The smallest absolute Gasteiger partial charge is 0.153 e. The van der Waals surface area contributed by atoms with Crippen molar-refractivity contribution in [1.29, 1.82) is 0 Å². The molecule has 1 fully saturated rings. The second kappa shape index (κ2) is 5.63. The summed E-state index contributed by atoms with van der Waals surface area (Å²) in [6, 6.07) is 8.35. The summed E-state index contributed by atoms with van der Waals surface area (Å²) < 4.78 is 14.2. The third-order valence-corrected chi connectivity index (χ3v) is 4.91. The van der Waals surface area contributed by atoms with E-state index in [9.17, 15) is 9.50 Å². The highest BCUT2D eigenvalue weighted by Crippen LogP contribution is 2.43. The lowest BCUT2D eigenvalue weighted by Gasteiger charge is -2.29. The lowest BCUT2D eigenvalue weighted by Crippen LogP contribution is -2.37. The molecule has 128 valence electrons. The number of pyridine rings is 1. The van der Waals surface area contributed by atoms with Gasteiger partial charge in [0.25, 0.3) is 0 Å². The lowest BCUT2D eigenvalue weighted by atomic mass is 10.1. The summed E-state index contributed by atoms with van der Waals surface area (Å²) in [6.07, 6.45) is 3.18. The van der Waals surface area contributed by atoms with Crippen LogP contribution in [-0.4, -0.2) is 39.3 Å². The van der Waals surface area contributed by atoms with Crippen molar-refractivity contribution in [2.24, 2.45) is 0 Å². The molecule has 0 saturated heterocycles. The number of hydrogen-bond donors (Lipinski definition) is 2. The fraction of sp³-hybridized carbons (Fsp3) is 0.278. The van der Waals surface area contributed by atoms with Gasteiger partial charge in [-0.15, -0.1) is 0 Å². The van der Waals surface area contributed by atoms with Crippen molar-refractivity contribution in [3.8, 4) is 11.3 Å². The van der Waals surface area contributed by atoms with Gasteiger partial charge in [0.15, 0.2) is 5.82 Å². The fourth-order valence-corrected chi connectivity index (χ4v) is 3.05. The van der Waals surface area contributed by atoms with Crippen LogP contribution in [0.15, 0.2) is 36.7 Å². The third kappa shape index (κ3) is 2.66. The maximum Gasteiger partial charge on any atom is 0.153 e. The Kier molecular flexibility index (Phi) is 3.54. The number of fused-ring (bicyclic) bond motifs is 1. The summed E-state index contributed by atoms with van der Waals surface area (Å²) >= 11 is 0. The van der Waals surface area contributed by atoms with Gasteiger partial charge in [0.2, 0.25) is 0 Å². The summed E-state index contributed by atoms with van der Waals surface area (Å²) in [5, 5.41) is 9.62. The molecule has 3 N–H and O–H groups in total. The molecular formula is C18H18FN5O. The number of nitrogens with two attached hydrogens (primary N) is 1. The Morgan fingerprint density at radius 2 is 2.04 bits per heavy atom. The van der Waals surface area contributed by atoms with E-state index in [1.807, 2.05) is 18.0 Å². The summed E-state index contributed by atoms with van der Waals surface area (Å²) in [5.74, 6) is -0.0647. The van der Waals surface area contributed by atoms with Gasteiger partial charge in [-0.2, -0.15) is 0 Å². The van der Waals surface area contributed by atoms with E-state index in [0.29, 0.717) is 28.0 Å². The van der Waals surface area contributed by atoms with Crippen LogP contribution < -0.4 is 10.6 Å². The van der Waals surface area contributed by atoms with Crippen LogP contribution in [-0.2, 0) is 0 Å². The van der Waals surface area contributed by atoms with Gasteiger partial charge in [-0.25, -0.2) is 19.3 Å². The first-order valence-electron chi connectivity index (χ1n) is 8.05. The van der Waals surface area contributed by atoms with E-state index >= 15 is 0 Å². The lowest BCUT2D eigenvalue weighted by molar-refractivity contribution is 0.252. The molecule has 6 nitrogen and oxygen atoms in total. The SMILES string of the molecule is CN(c1cc(F)cc(-c2ccc3ncnc(N)c3n2)c1)C1(CO)CC1. The van der Waals surface area contributed by atoms with Gasteiger partial charge in [0.1, 0.15) is 17.7 Å². The minimum Gasteiger partial charge on any atom is -0.394 e. The zero-order valence-corrected chi connectivity index (χ0v) is 13.8. The largest absolute Gasteiger partial charge is 0.394 e. The normalized spacial score (nSPS) is 15.3. The van der Waals surface area contributed by atoms with Gasteiger partial charge in [0, 0.05) is 18.3 Å². The van der Waals surface area contributed by atoms with Gasteiger partial charge in [0.05, 0.1) is 23.4 Å². The van der Waals surface area contributed by atoms with Gasteiger partial charge in [-0.1, -0.05) is 0 Å². The summed E-state index contributed by atoms with van der Waals surface area (Å²) in [6.45, 7) is 0.0530. The average Bonchev–Trinajstić information content (AvgIpc) is 3.42. The Labute approximate surface area is 144 Å². The molecule has 1 aliphatic carbocycles. The first kappa shape index (κ1) is 15.7. The van der Waals surface area contributed by atoms with E-state index in [0.717, 1.165) is 12.8 Å². The zero-order chi connectivity index (χ0) is 17.6. The van der Waals surface area contributed by atoms with Crippen LogP contribution in [0.4, 0.5) is 15.9 Å². The first-order valence-corrected chi connectivity index (χ1v) is 8.05. The van der Waals surface area contributed by atoms with Crippen LogP contribution >= 0.6 is 0 Å². The molecule has 0 radical (unpaired) electrons. The highest BCUT2D eigenvalue weighted by Gasteiger charge is 2.46. The maximum atomic E-state index is 14.2. The number of rotatable bonds is 4. The molecule has 3 aromatic rings. The molecule has 0 aliphatic heterocycles. The standard InChI is InChI=1S/C18H18FN5O/c1-24(18(9-25)4-5-18)13-7-11(6-12(19)8-13)14-2-3-15-16(23-14)17(20)22-10-21-15/h2-3,6-8,10,25H,4-5,9H2,1H3,(H2,20,21,22). The number of aliphatic hydroxyl groups excluding tert-OH is 1. The van der Waals surface area contributed by atoms with Crippen LogP contribution in [0.25, 0.3) is 22.3 Å². The molecule has 0 atom stereocenters. The minimum absolute atomic E-state index is 0.0530. The molecule has 0 amide bonds. The van der Waals surface area contributed by atoms with Crippen molar-refractivity contribution in [1.82, 2.24) is 15.0 Å². The van der Waals surface area contributed by atoms with Gasteiger partial charge in [-0.3, -0.25) is 0 Å². The van der Waals surface area contributed by atoms with Crippen molar-refractivity contribution in [3.05, 3.63) is 42.5 Å². The molecule has 0 unspecified atom stereocenters. The molecule has 1 aliphatic rings. The second-order valence-corrected chi connectivity index (χ2v) is 6.46. The Balaban J connectivity index is 1.79. The summed E-state index contributed by atoms with van der Waals surface area (Å²) in [5.41, 5.74) is 8.67. The second-order valence-electron chi connectivity index (χ2n) is 6.46.